The topological polar surface area (TPSA) is 37.8 Å². The van der Waals surface area contributed by atoms with Gasteiger partial charge in [-0.1, -0.05) is 34.5 Å². The summed E-state index contributed by atoms with van der Waals surface area (Å²) < 4.78 is 0.935. The number of nitrogens with zero attached hydrogens (tertiary/aromatic N) is 2. The molecule has 0 bridgehead atoms. The maximum atomic E-state index is 6.05. The van der Waals surface area contributed by atoms with Gasteiger partial charge in [-0.15, -0.1) is 0 Å². The summed E-state index contributed by atoms with van der Waals surface area (Å²) in [4.78, 5) is 9.19. The minimum atomic E-state index is 0.673. The van der Waals surface area contributed by atoms with E-state index >= 15 is 0 Å². The van der Waals surface area contributed by atoms with Crippen molar-refractivity contribution in [1.29, 1.82) is 0 Å². The van der Waals surface area contributed by atoms with Gasteiger partial charge in [0.1, 0.15) is 5.82 Å². The Morgan fingerprint density at radius 2 is 2.05 bits per heavy atom. The van der Waals surface area contributed by atoms with E-state index in [2.05, 4.69) is 38.1 Å². The summed E-state index contributed by atoms with van der Waals surface area (Å²) in [5, 5.41) is 3.79. The average molecular weight is 341 g/mol. The highest BCUT2D eigenvalue weighted by atomic mass is 79.9. The van der Waals surface area contributed by atoms with Gasteiger partial charge in [-0.25, -0.2) is 9.97 Å². The van der Waals surface area contributed by atoms with Crippen LogP contribution in [0, 0.1) is 6.92 Å². The number of nitrogens with one attached hydrogen (secondary N) is 1. The van der Waals surface area contributed by atoms with Crippen LogP contribution >= 0.6 is 27.5 Å². The highest BCUT2D eigenvalue weighted by Crippen LogP contribution is 2.30. The molecule has 2 rings (SSSR count). The number of hydrogen-bond acceptors (Lipinski definition) is 3. The molecule has 19 heavy (non-hydrogen) atoms. The Labute approximate surface area is 126 Å². The van der Waals surface area contributed by atoms with Crippen LogP contribution in [-0.4, -0.2) is 17.0 Å². The summed E-state index contributed by atoms with van der Waals surface area (Å²) in [6.45, 7) is 4.12. The lowest BCUT2D eigenvalue weighted by molar-refractivity contribution is 0.977. The van der Waals surface area contributed by atoms with Gasteiger partial charge in [0, 0.05) is 33.4 Å². The normalized spacial score (nSPS) is 10.6. The van der Waals surface area contributed by atoms with Gasteiger partial charge >= 0.3 is 0 Å². The molecule has 0 saturated heterocycles. The van der Waals surface area contributed by atoms with Crippen molar-refractivity contribution in [3.63, 3.8) is 0 Å². The first-order chi connectivity index (χ1) is 9.06. The number of halogens is 2. The minimum absolute atomic E-state index is 0.673. The average Bonchev–Trinajstić information content (AvgIpc) is 2.42. The third-order valence-electron chi connectivity index (χ3n) is 2.99. The van der Waals surface area contributed by atoms with Crippen molar-refractivity contribution in [3.05, 3.63) is 39.0 Å². The van der Waals surface area contributed by atoms with Crippen molar-refractivity contribution in [2.24, 2.45) is 0 Å². The van der Waals surface area contributed by atoms with Crippen molar-refractivity contribution in [3.8, 4) is 11.4 Å². The van der Waals surface area contributed by atoms with E-state index in [1.54, 1.807) is 0 Å². The van der Waals surface area contributed by atoms with Crippen LogP contribution in [0.3, 0.4) is 0 Å². The minimum Gasteiger partial charge on any atom is -0.373 e. The Hall–Kier alpha value is -1.13. The van der Waals surface area contributed by atoms with Crippen molar-refractivity contribution >= 4 is 33.3 Å². The summed E-state index contributed by atoms with van der Waals surface area (Å²) >= 11 is 9.57. The van der Waals surface area contributed by atoms with Crippen LogP contribution in [0.25, 0.3) is 11.4 Å². The smallest absolute Gasteiger partial charge is 0.162 e. The van der Waals surface area contributed by atoms with Gasteiger partial charge in [0.25, 0.3) is 0 Å². The molecule has 5 heteroatoms. The van der Waals surface area contributed by atoms with Gasteiger partial charge in [0.05, 0.1) is 0 Å². The van der Waals surface area contributed by atoms with Crippen molar-refractivity contribution in [2.75, 3.05) is 12.4 Å². The van der Waals surface area contributed by atoms with Gasteiger partial charge in [-0.05, 0) is 31.5 Å². The number of aromatic nitrogens is 2. The van der Waals surface area contributed by atoms with Crippen LogP contribution < -0.4 is 5.32 Å². The maximum absolute atomic E-state index is 6.05. The summed E-state index contributed by atoms with van der Waals surface area (Å²) in [5.74, 6) is 1.54. The quantitative estimate of drug-likeness (QED) is 0.895. The lowest BCUT2D eigenvalue weighted by Gasteiger charge is -2.12. The van der Waals surface area contributed by atoms with E-state index in [0.29, 0.717) is 10.8 Å². The number of rotatable bonds is 3. The molecule has 1 aromatic carbocycles. The van der Waals surface area contributed by atoms with Gasteiger partial charge in [-0.3, -0.25) is 0 Å². The van der Waals surface area contributed by atoms with E-state index < -0.39 is 0 Å². The fraction of sp³-hybridized carbons (Fsp3) is 0.286. The predicted molar refractivity (Wildman–Crippen MR) is 83.8 cm³/mol. The second kappa shape index (κ2) is 5.88. The van der Waals surface area contributed by atoms with E-state index in [9.17, 15) is 0 Å². The highest BCUT2D eigenvalue weighted by molar-refractivity contribution is 9.10. The fourth-order valence-corrected chi connectivity index (χ4v) is 2.54. The molecule has 0 aliphatic heterocycles. The molecule has 1 aromatic heterocycles. The summed E-state index contributed by atoms with van der Waals surface area (Å²) in [6, 6.07) is 5.61. The molecule has 3 nitrogen and oxygen atoms in total. The first kappa shape index (κ1) is 14.3. The van der Waals surface area contributed by atoms with Crippen LogP contribution in [0.2, 0.25) is 5.02 Å². The molecule has 0 amide bonds. The molecule has 100 valence electrons. The third-order valence-corrected chi connectivity index (χ3v) is 3.91. The zero-order valence-electron chi connectivity index (χ0n) is 11.1. The first-order valence-electron chi connectivity index (χ1n) is 6.07. The number of anilines is 1. The maximum Gasteiger partial charge on any atom is 0.162 e. The van der Waals surface area contributed by atoms with E-state index in [1.165, 1.54) is 0 Å². The summed E-state index contributed by atoms with van der Waals surface area (Å²) in [7, 11) is 1.87. The number of benzene rings is 1. The molecule has 2 aromatic rings. The van der Waals surface area contributed by atoms with E-state index in [-0.39, 0.29) is 0 Å². The molecule has 0 aliphatic rings. The van der Waals surface area contributed by atoms with Crippen molar-refractivity contribution < 1.29 is 0 Å². The van der Waals surface area contributed by atoms with Crippen LogP contribution in [0.15, 0.2) is 22.7 Å². The highest BCUT2D eigenvalue weighted by Gasteiger charge is 2.12. The van der Waals surface area contributed by atoms with Gasteiger partial charge in [-0.2, -0.15) is 0 Å². The first-order valence-corrected chi connectivity index (χ1v) is 7.24. The zero-order valence-corrected chi connectivity index (χ0v) is 13.4. The van der Waals surface area contributed by atoms with Crippen molar-refractivity contribution in [1.82, 2.24) is 9.97 Å². The zero-order chi connectivity index (χ0) is 14.0. The second-order valence-corrected chi connectivity index (χ2v) is 5.49. The molecule has 0 aliphatic carbocycles. The molecule has 1 N–H and O–H groups in total. The Morgan fingerprint density at radius 1 is 1.32 bits per heavy atom. The Morgan fingerprint density at radius 3 is 2.68 bits per heavy atom. The monoisotopic (exact) mass is 339 g/mol. The van der Waals surface area contributed by atoms with Crippen LogP contribution in [-0.2, 0) is 6.42 Å². The van der Waals surface area contributed by atoms with Crippen LogP contribution in [0.5, 0.6) is 0 Å². The van der Waals surface area contributed by atoms with Gasteiger partial charge in [0.15, 0.2) is 5.82 Å². The van der Waals surface area contributed by atoms with E-state index in [4.69, 9.17) is 11.6 Å². The lowest BCUT2D eigenvalue weighted by Crippen LogP contribution is -2.04. The largest absolute Gasteiger partial charge is 0.373 e. The molecule has 0 atom stereocenters. The lowest BCUT2D eigenvalue weighted by atomic mass is 10.1. The summed E-state index contributed by atoms with van der Waals surface area (Å²) in [6.07, 6.45) is 0.869. The second-order valence-electron chi connectivity index (χ2n) is 4.20. The van der Waals surface area contributed by atoms with Crippen LogP contribution in [0.1, 0.15) is 18.2 Å². The predicted octanol–water partition coefficient (Wildman–Crippen LogP) is 4.47. The van der Waals surface area contributed by atoms with Gasteiger partial charge in [0.2, 0.25) is 0 Å². The Bertz CT molecular complexity index is 589. The molecule has 0 saturated carbocycles. The molecular formula is C14H15BrClN3. The molecule has 0 spiro atoms. The van der Waals surface area contributed by atoms with E-state index in [1.807, 2.05) is 32.2 Å². The molecule has 0 unspecified atom stereocenters. The number of aryl methyl sites for hydroxylation is 1. The van der Waals surface area contributed by atoms with E-state index in [0.717, 1.165) is 33.5 Å². The molecule has 0 radical (unpaired) electrons. The molecular weight excluding hydrogens is 326 g/mol. The SMILES string of the molecule is CCc1nc(-c2cc(Cl)ccc2Br)nc(NC)c1C. The van der Waals surface area contributed by atoms with Crippen LogP contribution in [0.4, 0.5) is 5.82 Å². The Kier molecular flexibility index (Phi) is 4.42. The third kappa shape index (κ3) is 2.90. The fourth-order valence-electron chi connectivity index (χ4n) is 1.94. The Balaban J connectivity index is 2.65. The van der Waals surface area contributed by atoms with Crippen molar-refractivity contribution in [2.45, 2.75) is 20.3 Å². The van der Waals surface area contributed by atoms with Gasteiger partial charge < -0.3 is 5.32 Å². The summed E-state index contributed by atoms with van der Waals surface area (Å²) in [5.41, 5.74) is 3.03. The molecule has 0 fully saturated rings. The standard InChI is InChI=1S/C14H15BrClN3/c1-4-12-8(2)13(17-3)19-14(18-12)10-7-9(16)5-6-11(10)15/h5-7H,4H2,1-3H3,(H,17,18,19). The number of hydrogen-bond donors (Lipinski definition) is 1. The molecule has 1 heterocycles.